The molecule has 0 bridgehead atoms. The van der Waals surface area contributed by atoms with Crippen molar-refractivity contribution in [1.29, 1.82) is 0 Å². The van der Waals surface area contributed by atoms with Crippen LogP contribution in [0.4, 0.5) is 13.6 Å². The Morgan fingerprint density at radius 3 is 2.40 bits per heavy atom. The Balaban J connectivity index is 1.82. The second-order valence-electron chi connectivity index (χ2n) is 6.28. The van der Waals surface area contributed by atoms with Crippen LogP contribution < -0.4 is 5.32 Å². The number of halogens is 2. The Kier molecular flexibility index (Phi) is 6.30. The number of aliphatic carboxylic acids is 1. The Hall–Kier alpha value is -2.22. The lowest BCUT2D eigenvalue weighted by Crippen LogP contribution is -2.56. The molecule has 1 aliphatic carbocycles. The largest absolute Gasteiger partial charge is 0.480 e. The van der Waals surface area contributed by atoms with Crippen LogP contribution in [-0.4, -0.2) is 59.1 Å². The topological polar surface area (TPSA) is 72.9 Å². The Labute approximate surface area is 145 Å². The highest BCUT2D eigenvalue weighted by Crippen LogP contribution is 2.25. The van der Waals surface area contributed by atoms with E-state index in [-0.39, 0.29) is 30.7 Å². The van der Waals surface area contributed by atoms with Crippen molar-refractivity contribution >= 4 is 12.0 Å². The van der Waals surface area contributed by atoms with E-state index in [0.717, 1.165) is 12.1 Å². The van der Waals surface area contributed by atoms with Crippen LogP contribution in [0.5, 0.6) is 0 Å². The molecule has 1 aromatic carbocycles. The fourth-order valence-corrected chi connectivity index (χ4v) is 2.95. The summed E-state index contributed by atoms with van der Waals surface area (Å²) in [6, 6.07) is 3.24. The lowest BCUT2D eigenvalue weighted by molar-refractivity contribution is -0.139. The first-order valence-corrected chi connectivity index (χ1v) is 8.22. The predicted molar refractivity (Wildman–Crippen MR) is 88.0 cm³/mol. The standard InChI is InChI=1S/C17H23F2N3O3/c1-3-22(10-16(23)24)12-7-11(8-12)20-17(25)21(2)9-13-14(18)5-4-6-15(13)19/h4-6,11-12H,3,7-10H2,1-2H3,(H,20,25)(H,23,24). The van der Waals surface area contributed by atoms with Crippen molar-refractivity contribution in [1.82, 2.24) is 15.1 Å². The maximum Gasteiger partial charge on any atom is 0.317 e. The van der Waals surface area contributed by atoms with E-state index in [2.05, 4.69) is 5.32 Å². The number of hydrogen-bond donors (Lipinski definition) is 2. The SMILES string of the molecule is CCN(CC(=O)O)C1CC(NC(=O)N(C)Cc2c(F)cccc2F)C1. The number of likely N-dealkylation sites (N-methyl/N-ethyl adjacent to an activating group) is 1. The molecule has 0 heterocycles. The number of hydrogen-bond acceptors (Lipinski definition) is 3. The number of urea groups is 1. The van der Waals surface area contributed by atoms with Crippen molar-refractivity contribution in [2.45, 2.75) is 38.4 Å². The van der Waals surface area contributed by atoms with Gasteiger partial charge in [0.25, 0.3) is 0 Å². The maximum absolute atomic E-state index is 13.6. The van der Waals surface area contributed by atoms with Crippen molar-refractivity contribution in [2.24, 2.45) is 0 Å². The third-order valence-corrected chi connectivity index (χ3v) is 4.51. The number of amides is 2. The second kappa shape index (κ2) is 8.24. The number of nitrogens with zero attached hydrogens (tertiary/aromatic N) is 2. The molecule has 0 aromatic heterocycles. The molecule has 1 fully saturated rings. The molecule has 2 amide bonds. The molecule has 1 aliphatic rings. The summed E-state index contributed by atoms with van der Waals surface area (Å²) in [7, 11) is 1.47. The van der Waals surface area contributed by atoms with E-state index in [1.807, 2.05) is 11.8 Å². The zero-order valence-corrected chi connectivity index (χ0v) is 14.3. The third kappa shape index (κ3) is 4.88. The number of nitrogens with one attached hydrogen (secondary N) is 1. The van der Waals surface area contributed by atoms with Crippen LogP contribution in [0.1, 0.15) is 25.3 Å². The van der Waals surface area contributed by atoms with E-state index in [4.69, 9.17) is 5.11 Å². The summed E-state index contributed by atoms with van der Waals surface area (Å²) >= 11 is 0. The summed E-state index contributed by atoms with van der Waals surface area (Å²) in [6.07, 6.45) is 1.32. The van der Waals surface area contributed by atoms with Gasteiger partial charge in [0.2, 0.25) is 0 Å². The van der Waals surface area contributed by atoms with Gasteiger partial charge in [0.15, 0.2) is 0 Å². The van der Waals surface area contributed by atoms with Crippen LogP contribution >= 0.6 is 0 Å². The Morgan fingerprint density at radius 2 is 1.88 bits per heavy atom. The summed E-state index contributed by atoms with van der Waals surface area (Å²) in [4.78, 5) is 26.0. The molecular weight excluding hydrogens is 332 g/mol. The van der Waals surface area contributed by atoms with Gasteiger partial charge in [-0.05, 0) is 31.5 Å². The van der Waals surface area contributed by atoms with Crippen LogP contribution in [0.3, 0.4) is 0 Å². The zero-order valence-electron chi connectivity index (χ0n) is 14.3. The molecule has 8 heteroatoms. The number of benzene rings is 1. The highest BCUT2D eigenvalue weighted by Gasteiger charge is 2.35. The van der Waals surface area contributed by atoms with Crippen molar-refractivity contribution in [3.8, 4) is 0 Å². The van der Waals surface area contributed by atoms with Gasteiger partial charge in [0.1, 0.15) is 11.6 Å². The summed E-state index contributed by atoms with van der Waals surface area (Å²) in [5, 5.41) is 11.7. The van der Waals surface area contributed by atoms with Gasteiger partial charge in [-0.2, -0.15) is 0 Å². The second-order valence-corrected chi connectivity index (χ2v) is 6.28. The minimum Gasteiger partial charge on any atom is -0.480 e. The zero-order chi connectivity index (χ0) is 18.6. The Bertz CT molecular complexity index is 615. The molecule has 2 rings (SSSR count). The van der Waals surface area contributed by atoms with Crippen LogP contribution in [0.15, 0.2) is 18.2 Å². The first-order valence-electron chi connectivity index (χ1n) is 8.22. The molecule has 2 N–H and O–H groups in total. The first kappa shape index (κ1) is 19.1. The third-order valence-electron chi connectivity index (χ3n) is 4.51. The van der Waals surface area contributed by atoms with Crippen LogP contribution in [0.25, 0.3) is 0 Å². The molecule has 25 heavy (non-hydrogen) atoms. The molecule has 138 valence electrons. The van der Waals surface area contributed by atoms with Crippen molar-refractivity contribution < 1.29 is 23.5 Å². The van der Waals surface area contributed by atoms with Gasteiger partial charge in [0, 0.05) is 24.7 Å². The number of carbonyl (C=O) groups excluding carboxylic acids is 1. The van der Waals surface area contributed by atoms with Crippen LogP contribution in [-0.2, 0) is 11.3 Å². The number of carboxylic acids is 1. The summed E-state index contributed by atoms with van der Waals surface area (Å²) in [5.74, 6) is -2.24. The van der Waals surface area contributed by atoms with E-state index in [1.54, 1.807) is 0 Å². The van der Waals surface area contributed by atoms with E-state index in [0.29, 0.717) is 19.4 Å². The van der Waals surface area contributed by atoms with Gasteiger partial charge in [0.05, 0.1) is 13.1 Å². The molecule has 1 saturated carbocycles. The van der Waals surface area contributed by atoms with Gasteiger partial charge in [-0.1, -0.05) is 13.0 Å². The molecule has 0 aliphatic heterocycles. The van der Waals surface area contributed by atoms with Crippen molar-refractivity contribution in [2.75, 3.05) is 20.1 Å². The first-order chi connectivity index (χ1) is 11.8. The van der Waals surface area contributed by atoms with Gasteiger partial charge >= 0.3 is 12.0 Å². The van der Waals surface area contributed by atoms with E-state index < -0.39 is 23.6 Å². The molecule has 6 nitrogen and oxygen atoms in total. The van der Waals surface area contributed by atoms with Gasteiger partial charge < -0.3 is 15.3 Å². The molecule has 0 atom stereocenters. The van der Waals surface area contributed by atoms with Gasteiger partial charge in [-0.25, -0.2) is 13.6 Å². The molecule has 0 spiro atoms. The fraction of sp³-hybridized carbons (Fsp3) is 0.529. The predicted octanol–water partition coefficient (Wildman–Crippen LogP) is 2.04. The maximum atomic E-state index is 13.6. The smallest absolute Gasteiger partial charge is 0.317 e. The minimum absolute atomic E-state index is 0.0195. The van der Waals surface area contributed by atoms with Crippen LogP contribution in [0.2, 0.25) is 0 Å². The number of carbonyl (C=O) groups is 2. The van der Waals surface area contributed by atoms with Gasteiger partial charge in [-0.15, -0.1) is 0 Å². The fourth-order valence-electron chi connectivity index (χ4n) is 2.95. The summed E-state index contributed by atoms with van der Waals surface area (Å²) in [5.41, 5.74) is -0.148. The monoisotopic (exact) mass is 355 g/mol. The summed E-state index contributed by atoms with van der Waals surface area (Å²) in [6.45, 7) is 2.34. The van der Waals surface area contributed by atoms with E-state index >= 15 is 0 Å². The molecule has 0 unspecified atom stereocenters. The number of carboxylic acid groups (broad SMARTS) is 1. The Morgan fingerprint density at radius 1 is 1.28 bits per heavy atom. The number of rotatable bonds is 7. The molecule has 0 saturated heterocycles. The quantitative estimate of drug-likeness (QED) is 0.785. The normalized spacial score (nSPS) is 19.4. The molecule has 0 radical (unpaired) electrons. The average Bonchev–Trinajstić information content (AvgIpc) is 2.51. The van der Waals surface area contributed by atoms with Crippen molar-refractivity contribution in [3.63, 3.8) is 0 Å². The van der Waals surface area contributed by atoms with E-state index in [1.165, 1.54) is 18.0 Å². The lowest BCUT2D eigenvalue weighted by Gasteiger charge is -2.42. The summed E-state index contributed by atoms with van der Waals surface area (Å²) < 4.78 is 27.3. The van der Waals surface area contributed by atoms with E-state index in [9.17, 15) is 18.4 Å². The molecule has 1 aromatic rings. The average molecular weight is 355 g/mol. The van der Waals surface area contributed by atoms with Gasteiger partial charge in [-0.3, -0.25) is 9.69 Å². The lowest BCUT2D eigenvalue weighted by atomic mass is 9.85. The van der Waals surface area contributed by atoms with Crippen molar-refractivity contribution in [3.05, 3.63) is 35.4 Å². The highest BCUT2D eigenvalue weighted by molar-refractivity contribution is 5.74. The molecular formula is C17H23F2N3O3. The minimum atomic E-state index is -0.874. The van der Waals surface area contributed by atoms with Crippen LogP contribution in [0, 0.1) is 11.6 Å². The highest BCUT2D eigenvalue weighted by atomic mass is 19.1.